The van der Waals surface area contributed by atoms with E-state index in [9.17, 15) is 0 Å². The lowest BCUT2D eigenvalue weighted by Crippen LogP contribution is -3.00. The minimum atomic E-state index is 0. The van der Waals surface area contributed by atoms with Crippen molar-refractivity contribution in [3.05, 3.63) is 30.7 Å². The van der Waals surface area contributed by atoms with Gasteiger partial charge in [0.2, 0.25) is 5.58 Å². The number of halogens is 1. The van der Waals surface area contributed by atoms with E-state index in [2.05, 4.69) is 17.6 Å². The van der Waals surface area contributed by atoms with Crippen LogP contribution in [0.3, 0.4) is 0 Å². The van der Waals surface area contributed by atoms with Crippen molar-refractivity contribution in [3.63, 3.8) is 0 Å². The molecule has 2 aromatic rings. The fourth-order valence-electron chi connectivity index (χ4n) is 1.39. The van der Waals surface area contributed by atoms with Crippen molar-refractivity contribution in [2.45, 2.75) is 19.9 Å². The Bertz CT molecular complexity index is 383. The molecule has 0 unspecified atom stereocenters. The maximum absolute atomic E-state index is 5.36. The van der Waals surface area contributed by atoms with Crippen molar-refractivity contribution in [1.82, 2.24) is 0 Å². The summed E-state index contributed by atoms with van der Waals surface area (Å²) in [7, 11) is 0. The molecule has 0 N–H and O–H groups in total. The zero-order valence-corrected chi connectivity index (χ0v) is 9.69. The summed E-state index contributed by atoms with van der Waals surface area (Å²) in [6, 6.07) is 8.09. The fraction of sp³-hybridized carbons (Fsp3) is 0.300. The molecule has 0 spiro atoms. The number of nitrogens with zero attached hydrogens (tertiary/aromatic N) is 1. The quantitative estimate of drug-likeness (QED) is 0.519. The van der Waals surface area contributed by atoms with Crippen molar-refractivity contribution in [2.75, 3.05) is 0 Å². The first-order valence-electron chi connectivity index (χ1n) is 4.27. The van der Waals surface area contributed by atoms with Crippen LogP contribution in [-0.4, -0.2) is 0 Å². The zero-order chi connectivity index (χ0) is 8.39. The number of aryl methyl sites for hydroxylation is 1. The van der Waals surface area contributed by atoms with Crippen molar-refractivity contribution in [1.29, 1.82) is 0 Å². The predicted octanol–water partition coefficient (Wildman–Crippen LogP) is -0.866. The Morgan fingerprint density at radius 2 is 2.08 bits per heavy atom. The topological polar surface area (TPSA) is 17.0 Å². The molecule has 0 radical (unpaired) electrons. The van der Waals surface area contributed by atoms with Crippen LogP contribution < -0.4 is 28.5 Å². The first-order chi connectivity index (χ1) is 5.92. The van der Waals surface area contributed by atoms with Gasteiger partial charge in [0.25, 0.3) is 5.52 Å². The number of fused-ring (bicyclic) bond motifs is 1. The van der Waals surface area contributed by atoms with Crippen LogP contribution in [0, 0.1) is 0 Å². The molecule has 2 rings (SSSR count). The Labute approximate surface area is 94.6 Å². The van der Waals surface area contributed by atoms with Gasteiger partial charge in [-0.15, -0.1) is 0 Å². The van der Waals surface area contributed by atoms with Crippen molar-refractivity contribution >= 4 is 11.1 Å². The molecule has 1 aromatic heterocycles. The van der Waals surface area contributed by atoms with E-state index in [4.69, 9.17) is 4.42 Å². The Balaban J connectivity index is 0.000000845. The molecular weight excluding hydrogens is 277 g/mol. The number of hydrogen-bond donors (Lipinski definition) is 0. The minimum Gasteiger partial charge on any atom is -1.00 e. The molecule has 1 heterocycles. The summed E-state index contributed by atoms with van der Waals surface area (Å²) in [5.74, 6) is 0. The van der Waals surface area contributed by atoms with Crippen LogP contribution in [0.4, 0.5) is 0 Å². The molecule has 0 saturated heterocycles. The molecule has 0 bridgehead atoms. The van der Waals surface area contributed by atoms with Gasteiger partial charge in [-0.05, 0) is 6.07 Å². The highest BCUT2D eigenvalue weighted by Crippen LogP contribution is 2.08. The number of oxazole rings is 1. The fourth-order valence-corrected chi connectivity index (χ4v) is 1.39. The summed E-state index contributed by atoms with van der Waals surface area (Å²) < 4.78 is 7.50. The van der Waals surface area contributed by atoms with Gasteiger partial charge in [0, 0.05) is 12.5 Å². The first kappa shape index (κ1) is 10.5. The molecule has 70 valence electrons. The monoisotopic (exact) mass is 289 g/mol. The van der Waals surface area contributed by atoms with E-state index in [0.29, 0.717) is 0 Å². The van der Waals surface area contributed by atoms with E-state index in [1.165, 1.54) is 5.52 Å². The molecule has 0 aliphatic heterocycles. The molecule has 0 atom stereocenters. The lowest BCUT2D eigenvalue weighted by molar-refractivity contribution is -0.676. The van der Waals surface area contributed by atoms with Crippen LogP contribution >= 0.6 is 0 Å². The summed E-state index contributed by atoms with van der Waals surface area (Å²) in [5.41, 5.74) is 2.14. The van der Waals surface area contributed by atoms with E-state index < -0.39 is 0 Å². The summed E-state index contributed by atoms with van der Waals surface area (Å²) in [6.45, 7) is 3.19. The van der Waals surface area contributed by atoms with E-state index in [1.807, 2.05) is 18.2 Å². The third-order valence-corrected chi connectivity index (χ3v) is 1.95. The predicted molar refractivity (Wildman–Crippen MR) is 46.7 cm³/mol. The molecule has 13 heavy (non-hydrogen) atoms. The van der Waals surface area contributed by atoms with E-state index in [0.717, 1.165) is 18.5 Å². The summed E-state index contributed by atoms with van der Waals surface area (Å²) >= 11 is 0. The van der Waals surface area contributed by atoms with Gasteiger partial charge in [-0.3, -0.25) is 0 Å². The molecule has 2 nitrogen and oxygen atoms in total. The second-order valence-electron chi connectivity index (χ2n) is 2.88. The second-order valence-corrected chi connectivity index (χ2v) is 2.88. The van der Waals surface area contributed by atoms with Gasteiger partial charge in [-0.1, -0.05) is 19.1 Å². The summed E-state index contributed by atoms with van der Waals surface area (Å²) in [5, 5.41) is 0. The highest BCUT2D eigenvalue weighted by atomic mass is 127. The maximum Gasteiger partial charge on any atom is 0.335 e. The smallest absolute Gasteiger partial charge is 0.335 e. The molecule has 0 amide bonds. The Hall–Kier alpha value is -0.580. The van der Waals surface area contributed by atoms with Crippen LogP contribution in [-0.2, 0) is 6.54 Å². The number of para-hydroxylation sites is 2. The highest BCUT2D eigenvalue weighted by Gasteiger charge is 2.09. The first-order valence-corrected chi connectivity index (χ1v) is 4.27. The van der Waals surface area contributed by atoms with Gasteiger partial charge in [-0.2, -0.15) is 4.57 Å². The lowest BCUT2D eigenvalue weighted by Gasteiger charge is -1.86. The number of hydrogen-bond acceptors (Lipinski definition) is 1. The van der Waals surface area contributed by atoms with E-state index in [1.54, 1.807) is 6.39 Å². The molecule has 0 saturated carbocycles. The molecule has 0 aliphatic rings. The summed E-state index contributed by atoms with van der Waals surface area (Å²) in [4.78, 5) is 0. The van der Waals surface area contributed by atoms with E-state index in [-0.39, 0.29) is 24.0 Å². The normalized spacial score (nSPS) is 9.92. The average Bonchev–Trinajstić information content (AvgIpc) is 2.50. The molecular formula is C10H12INO. The third kappa shape index (κ3) is 2.02. The van der Waals surface area contributed by atoms with Gasteiger partial charge in [0.15, 0.2) is 6.54 Å². The molecule has 1 aromatic carbocycles. The van der Waals surface area contributed by atoms with Crippen LogP contribution in [0.15, 0.2) is 35.1 Å². The molecule has 3 heteroatoms. The van der Waals surface area contributed by atoms with Crippen molar-refractivity contribution in [3.8, 4) is 0 Å². The standard InChI is InChI=1S/C10H12NO.HI/c1-2-7-11-8-12-10-6-4-3-5-9(10)11;/h3-6,8H,2,7H2,1H3;1H/q+1;/p-1. The van der Waals surface area contributed by atoms with E-state index >= 15 is 0 Å². The van der Waals surface area contributed by atoms with Crippen molar-refractivity contribution in [2.24, 2.45) is 0 Å². The zero-order valence-electron chi connectivity index (χ0n) is 7.53. The van der Waals surface area contributed by atoms with Crippen LogP contribution in [0.2, 0.25) is 0 Å². The maximum atomic E-state index is 5.36. The van der Waals surface area contributed by atoms with Gasteiger partial charge in [0.05, 0.1) is 0 Å². The second kappa shape index (κ2) is 4.60. The Morgan fingerprint density at radius 1 is 1.31 bits per heavy atom. The van der Waals surface area contributed by atoms with Gasteiger partial charge < -0.3 is 28.4 Å². The Morgan fingerprint density at radius 3 is 2.85 bits per heavy atom. The van der Waals surface area contributed by atoms with Crippen LogP contribution in [0.5, 0.6) is 0 Å². The van der Waals surface area contributed by atoms with Crippen molar-refractivity contribution < 1.29 is 33.0 Å². The third-order valence-electron chi connectivity index (χ3n) is 1.95. The lowest BCUT2D eigenvalue weighted by atomic mass is 10.3. The number of rotatable bonds is 2. The SMILES string of the molecule is CCC[n+]1coc2ccccc21.[I-]. The average molecular weight is 289 g/mol. The highest BCUT2D eigenvalue weighted by molar-refractivity contribution is 5.67. The van der Waals surface area contributed by atoms with Gasteiger partial charge >= 0.3 is 6.39 Å². The van der Waals surface area contributed by atoms with Gasteiger partial charge in [0.1, 0.15) is 0 Å². The Kier molecular flexibility index (Phi) is 3.71. The van der Waals surface area contributed by atoms with Crippen LogP contribution in [0.25, 0.3) is 11.1 Å². The largest absolute Gasteiger partial charge is 1.00 e. The number of aromatic nitrogens is 1. The number of benzene rings is 1. The van der Waals surface area contributed by atoms with Crippen LogP contribution in [0.1, 0.15) is 13.3 Å². The molecule has 0 fully saturated rings. The molecule has 0 aliphatic carbocycles. The summed E-state index contributed by atoms with van der Waals surface area (Å²) in [6.07, 6.45) is 2.92. The van der Waals surface area contributed by atoms with Gasteiger partial charge in [-0.25, -0.2) is 0 Å². The minimum absolute atomic E-state index is 0.